The van der Waals surface area contributed by atoms with Crippen LogP contribution in [0.15, 0.2) is 79.1 Å². The van der Waals surface area contributed by atoms with Crippen LogP contribution in [0.3, 0.4) is 0 Å². The molecule has 5 aliphatic heterocycles. The van der Waals surface area contributed by atoms with Crippen molar-refractivity contribution in [3.8, 4) is 11.6 Å². The number of hydrogen-bond donors (Lipinski definition) is 1. The molecule has 0 unspecified atom stereocenters. The first-order valence-electron chi connectivity index (χ1n) is 25.2. The number of aryl methyl sites for hydroxylation is 1. The number of pyridine rings is 1. The molecule has 4 amide bonds. The lowest BCUT2D eigenvalue weighted by Gasteiger charge is -2.42. The number of likely N-dealkylation sites (tertiary alicyclic amines) is 1. The molecule has 2 aromatic heterocycles. The van der Waals surface area contributed by atoms with E-state index < -0.39 is 11.7 Å². The van der Waals surface area contributed by atoms with Gasteiger partial charge in [0.05, 0.1) is 44.3 Å². The predicted molar refractivity (Wildman–Crippen MR) is 275 cm³/mol. The lowest BCUT2D eigenvalue weighted by atomic mass is 9.87. The summed E-state index contributed by atoms with van der Waals surface area (Å²) >= 11 is 0. The highest BCUT2D eigenvalue weighted by molar-refractivity contribution is 6.06. The minimum Gasteiger partial charge on any atom is -0.497 e. The lowest BCUT2D eigenvalue weighted by Crippen LogP contribution is -2.52. The molecule has 0 radical (unpaired) electrons. The van der Waals surface area contributed by atoms with Gasteiger partial charge in [0, 0.05) is 67.5 Å². The van der Waals surface area contributed by atoms with Gasteiger partial charge >= 0.3 is 12.1 Å². The van der Waals surface area contributed by atoms with Gasteiger partial charge in [-0.05, 0) is 150 Å². The number of ether oxygens (including phenoxy) is 3. The van der Waals surface area contributed by atoms with Crippen LogP contribution in [0.2, 0.25) is 0 Å². The molecule has 0 spiro atoms. The number of fused-ring (bicyclic) bond motifs is 2. The Balaban J connectivity index is 0.699. The van der Waals surface area contributed by atoms with Gasteiger partial charge in [-0.3, -0.25) is 19.5 Å². The SMILES string of the molecule is COc1ccc(CN2C(=O)CCN(c3ccc(C4CCN(C5CCN(c6ccc(Nc7ncc8c(n7)CN(c7cnc9c(c7C)N(C(=O)OC(C)(C)C)CCO9)CC8)cc6)CC5)CC4)cc3C)C2=O)cc1. The summed E-state index contributed by atoms with van der Waals surface area (Å²) in [7, 11) is 1.62. The van der Waals surface area contributed by atoms with Crippen LogP contribution in [-0.4, -0.2) is 114 Å². The van der Waals surface area contributed by atoms with Crippen LogP contribution in [0.25, 0.3) is 0 Å². The average molecular weight is 963 g/mol. The summed E-state index contributed by atoms with van der Waals surface area (Å²) in [5, 5.41) is 3.44. The smallest absolute Gasteiger partial charge is 0.415 e. The summed E-state index contributed by atoms with van der Waals surface area (Å²) in [5.74, 6) is 2.08. The second-order valence-electron chi connectivity index (χ2n) is 20.5. The summed E-state index contributed by atoms with van der Waals surface area (Å²) in [6.45, 7) is 16.6. The number of benzene rings is 3. The van der Waals surface area contributed by atoms with Crippen molar-refractivity contribution in [1.82, 2.24) is 24.8 Å². The van der Waals surface area contributed by atoms with Crippen LogP contribution in [0, 0.1) is 13.8 Å². The van der Waals surface area contributed by atoms with E-state index in [1.165, 1.54) is 16.2 Å². The maximum Gasteiger partial charge on any atom is 0.415 e. The minimum atomic E-state index is -0.619. The Morgan fingerprint density at radius 1 is 0.817 bits per heavy atom. The molecule has 71 heavy (non-hydrogen) atoms. The molecular weight excluding hydrogens is 897 g/mol. The third-order valence-corrected chi connectivity index (χ3v) is 14.8. The highest BCUT2D eigenvalue weighted by Crippen LogP contribution is 2.40. The topological polar surface area (TPSA) is 149 Å². The molecule has 7 heterocycles. The number of nitrogens with one attached hydrogen (secondary N) is 1. The van der Waals surface area contributed by atoms with E-state index in [0.29, 0.717) is 62.1 Å². The van der Waals surface area contributed by atoms with E-state index in [2.05, 4.69) is 79.4 Å². The number of anilines is 6. The number of carbonyl (C=O) groups is 3. The number of carbonyl (C=O) groups excluding carboxylic acids is 3. The van der Waals surface area contributed by atoms with Crippen molar-refractivity contribution in [1.29, 1.82) is 0 Å². The number of amides is 4. The maximum atomic E-state index is 13.7. The van der Waals surface area contributed by atoms with Gasteiger partial charge in [-0.25, -0.2) is 24.5 Å². The number of aromatic nitrogens is 3. The Bertz CT molecular complexity index is 2760. The van der Waals surface area contributed by atoms with Crippen LogP contribution in [-0.2, 0) is 29.0 Å². The Labute approximate surface area is 416 Å². The van der Waals surface area contributed by atoms with Crippen LogP contribution in [0.5, 0.6) is 11.6 Å². The predicted octanol–water partition coefficient (Wildman–Crippen LogP) is 9.14. The number of piperidine rings is 2. The van der Waals surface area contributed by atoms with E-state index in [-0.39, 0.29) is 18.5 Å². The van der Waals surface area contributed by atoms with Crippen LogP contribution in [0.1, 0.15) is 92.3 Å². The molecule has 0 atom stereocenters. The van der Waals surface area contributed by atoms with E-state index >= 15 is 0 Å². The number of urea groups is 1. The van der Waals surface area contributed by atoms with E-state index in [9.17, 15) is 14.4 Å². The molecule has 3 saturated heterocycles. The molecule has 10 rings (SSSR count). The zero-order chi connectivity index (χ0) is 49.4. The van der Waals surface area contributed by atoms with Gasteiger partial charge in [0.1, 0.15) is 23.6 Å². The number of nitrogens with zero attached hydrogens (tertiary/aromatic N) is 9. The zero-order valence-electron chi connectivity index (χ0n) is 41.9. The van der Waals surface area contributed by atoms with Crippen molar-refractivity contribution in [2.45, 2.75) is 104 Å². The first kappa shape index (κ1) is 47.7. The monoisotopic (exact) mass is 963 g/mol. The van der Waals surface area contributed by atoms with Crippen molar-refractivity contribution in [2.24, 2.45) is 0 Å². The second kappa shape index (κ2) is 20.1. The third-order valence-electron chi connectivity index (χ3n) is 14.8. The first-order valence-corrected chi connectivity index (χ1v) is 25.2. The molecule has 0 bridgehead atoms. The van der Waals surface area contributed by atoms with Gasteiger partial charge in [-0.15, -0.1) is 0 Å². The van der Waals surface area contributed by atoms with Gasteiger partial charge in [-0.1, -0.05) is 24.3 Å². The molecule has 372 valence electrons. The third kappa shape index (κ3) is 10.3. The van der Waals surface area contributed by atoms with E-state index in [1.807, 2.05) is 64.4 Å². The number of methoxy groups -OCH3 is 1. The standard InChI is InChI=1S/C55H66N10O6/c1-36-31-40(9-16-47(36)63-28-22-49(66)65(53(63)67)34-38-7-14-45(69-6)15-8-38)39-17-23-60(24-18-39)44-20-26-61(27-21-44)43-12-10-42(11-13-43)58-52-57-32-41-19-25-62(35-46(41)59-52)48-33-56-51-50(37(48)2)64(29-30-70-51)54(68)71-55(3,4)5/h7-16,31-33,39,44H,17-30,34-35H2,1-6H3,(H,57,58,59). The fraction of sp³-hybridized carbons (Fsp3) is 0.455. The van der Waals surface area contributed by atoms with Crippen molar-refractivity contribution in [3.63, 3.8) is 0 Å². The summed E-state index contributed by atoms with van der Waals surface area (Å²) in [4.78, 5) is 66.4. The van der Waals surface area contributed by atoms with Gasteiger partial charge in [-0.2, -0.15) is 0 Å². The normalized spacial score (nSPS) is 18.3. The molecule has 5 aromatic rings. The molecule has 5 aliphatic rings. The largest absolute Gasteiger partial charge is 0.497 e. The van der Waals surface area contributed by atoms with E-state index in [4.69, 9.17) is 19.2 Å². The molecule has 3 fully saturated rings. The maximum absolute atomic E-state index is 13.7. The van der Waals surface area contributed by atoms with Crippen molar-refractivity contribution in [2.75, 3.05) is 84.4 Å². The number of hydrogen-bond acceptors (Lipinski definition) is 13. The van der Waals surface area contributed by atoms with E-state index in [1.54, 1.807) is 16.9 Å². The Hall–Kier alpha value is -6.94. The minimum absolute atomic E-state index is 0.144. The molecule has 16 heteroatoms. The Kier molecular flexibility index (Phi) is 13.5. The quantitative estimate of drug-likeness (QED) is 0.142. The van der Waals surface area contributed by atoms with Gasteiger partial charge in [0.15, 0.2) is 0 Å². The molecule has 0 saturated carbocycles. The fourth-order valence-electron chi connectivity index (χ4n) is 10.9. The molecular formula is C55H66N10O6. The van der Waals surface area contributed by atoms with Crippen molar-refractivity contribution < 1.29 is 28.6 Å². The van der Waals surface area contributed by atoms with Crippen LogP contribution >= 0.6 is 0 Å². The number of rotatable bonds is 10. The molecule has 1 N–H and O–H groups in total. The average Bonchev–Trinajstić information content (AvgIpc) is 3.37. The lowest BCUT2D eigenvalue weighted by molar-refractivity contribution is -0.129. The second-order valence-corrected chi connectivity index (χ2v) is 20.5. The highest BCUT2D eigenvalue weighted by Gasteiger charge is 2.36. The van der Waals surface area contributed by atoms with Crippen LogP contribution < -0.4 is 34.4 Å². The van der Waals surface area contributed by atoms with E-state index in [0.717, 1.165) is 116 Å². The molecule has 3 aromatic carbocycles. The van der Waals surface area contributed by atoms with Gasteiger partial charge in [0.25, 0.3) is 0 Å². The highest BCUT2D eigenvalue weighted by atomic mass is 16.6. The summed E-state index contributed by atoms with van der Waals surface area (Å²) in [5.41, 5.74) is 10.3. The first-order chi connectivity index (χ1) is 34.3. The van der Waals surface area contributed by atoms with Crippen molar-refractivity contribution >= 4 is 52.4 Å². The van der Waals surface area contributed by atoms with Gasteiger partial charge < -0.3 is 34.2 Å². The zero-order valence-corrected chi connectivity index (χ0v) is 41.9. The summed E-state index contributed by atoms with van der Waals surface area (Å²) < 4.78 is 16.9. The summed E-state index contributed by atoms with van der Waals surface area (Å²) in [6.07, 6.45) is 8.96. The van der Waals surface area contributed by atoms with Crippen LogP contribution in [0.4, 0.5) is 44.0 Å². The van der Waals surface area contributed by atoms with Crippen molar-refractivity contribution in [3.05, 3.63) is 113 Å². The Morgan fingerprint density at radius 3 is 2.30 bits per heavy atom. The fourth-order valence-corrected chi connectivity index (χ4v) is 10.9. The molecule has 0 aliphatic carbocycles. The number of imide groups is 1. The van der Waals surface area contributed by atoms with Gasteiger partial charge in [0.2, 0.25) is 17.7 Å². The Morgan fingerprint density at radius 2 is 1.58 bits per heavy atom. The molecule has 16 nitrogen and oxygen atoms in total. The summed E-state index contributed by atoms with van der Waals surface area (Å²) in [6, 6.07) is 23.0.